The van der Waals surface area contributed by atoms with E-state index < -0.39 is 0 Å². The predicted octanol–water partition coefficient (Wildman–Crippen LogP) is 3.74. The summed E-state index contributed by atoms with van der Waals surface area (Å²) >= 11 is 0. The molecule has 1 aromatic rings. The van der Waals surface area contributed by atoms with E-state index in [9.17, 15) is 10.1 Å². The fourth-order valence-electron chi connectivity index (χ4n) is 3.45. The Labute approximate surface area is 191 Å². The number of unbranched alkanes of at least 4 members (excludes halogenated alkanes) is 1. The number of piperidine rings is 1. The largest absolute Gasteiger partial charge is 0.356 e. The van der Waals surface area contributed by atoms with Crippen LogP contribution < -0.4 is 10.6 Å². The van der Waals surface area contributed by atoms with Gasteiger partial charge in [0.25, 0.3) is 5.69 Å². The quantitative estimate of drug-likeness (QED) is 0.0997. The fourth-order valence-corrected chi connectivity index (χ4v) is 3.45. The Morgan fingerprint density at radius 1 is 1.28 bits per heavy atom. The Kier molecular flexibility index (Phi) is 11.8. The van der Waals surface area contributed by atoms with Gasteiger partial charge in [-0.05, 0) is 44.6 Å². The maximum absolute atomic E-state index is 10.7. The van der Waals surface area contributed by atoms with Crippen LogP contribution in [0.1, 0.15) is 38.2 Å². The molecular formula is C21H34IN5O2. The van der Waals surface area contributed by atoms with E-state index in [2.05, 4.69) is 34.0 Å². The Bertz CT molecular complexity index is 670. The zero-order valence-electron chi connectivity index (χ0n) is 17.5. The maximum Gasteiger partial charge on any atom is 0.269 e. The number of hydrogen-bond acceptors (Lipinski definition) is 4. The lowest BCUT2D eigenvalue weighted by Gasteiger charge is -2.33. The summed E-state index contributed by atoms with van der Waals surface area (Å²) in [6, 6.07) is 7.29. The first-order chi connectivity index (χ1) is 13.5. The number of nitrogens with one attached hydrogen (secondary N) is 2. The molecule has 0 unspecified atom stereocenters. The van der Waals surface area contributed by atoms with Crippen molar-refractivity contribution in [3.8, 4) is 0 Å². The molecule has 0 bridgehead atoms. The topological polar surface area (TPSA) is 82.8 Å². The van der Waals surface area contributed by atoms with E-state index >= 15 is 0 Å². The zero-order valence-corrected chi connectivity index (χ0v) is 19.9. The van der Waals surface area contributed by atoms with E-state index in [0.29, 0.717) is 6.04 Å². The van der Waals surface area contributed by atoms with Gasteiger partial charge in [0.1, 0.15) is 0 Å². The highest BCUT2D eigenvalue weighted by molar-refractivity contribution is 14.0. The van der Waals surface area contributed by atoms with Gasteiger partial charge in [-0.2, -0.15) is 0 Å². The second kappa shape index (κ2) is 13.5. The van der Waals surface area contributed by atoms with Gasteiger partial charge in [-0.3, -0.25) is 20.0 Å². The van der Waals surface area contributed by atoms with Gasteiger partial charge in [0, 0.05) is 51.4 Å². The molecule has 2 rings (SSSR count). The number of non-ortho nitro benzene ring substituents is 1. The predicted molar refractivity (Wildman–Crippen MR) is 130 cm³/mol. The number of aliphatic imine (C=N–C) groups is 1. The SMILES string of the molecule is C=C(C)CN1CCC(NC(=NC)NCCCCc2ccc([N+](=O)[O-])cc2)CC1.I. The van der Waals surface area contributed by atoms with Crippen molar-refractivity contribution in [2.24, 2.45) is 4.99 Å². The highest BCUT2D eigenvalue weighted by Gasteiger charge is 2.19. The average Bonchev–Trinajstić information content (AvgIpc) is 2.68. The van der Waals surface area contributed by atoms with Gasteiger partial charge >= 0.3 is 0 Å². The lowest BCUT2D eigenvalue weighted by molar-refractivity contribution is -0.384. The molecule has 29 heavy (non-hydrogen) atoms. The van der Waals surface area contributed by atoms with Crippen molar-refractivity contribution in [2.45, 2.75) is 45.1 Å². The van der Waals surface area contributed by atoms with Crippen LogP contribution in [0.3, 0.4) is 0 Å². The summed E-state index contributed by atoms with van der Waals surface area (Å²) in [5, 5.41) is 17.6. The normalized spacial score (nSPS) is 15.4. The summed E-state index contributed by atoms with van der Waals surface area (Å²) in [6.45, 7) is 10.1. The van der Waals surface area contributed by atoms with Gasteiger partial charge in [0.2, 0.25) is 0 Å². The van der Waals surface area contributed by atoms with Gasteiger partial charge < -0.3 is 10.6 Å². The molecule has 0 aliphatic carbocycles. The third-order valence-corrected chi connectivity index (χ3v) is 4.98. The molecule has 0 amide bonds. The molecule has 0 radical (unpaired) electrons. The van der Waals surface area contributed by atoms with Gasteiger partial charge in [0.15, 0.2) is 5.96 Å². The summed E-state index contributed by atoms with van der Waals surface area (Å²) in [5.74, 6) is 0.869. The van der Waals surface area contributed by atoms with Crippen molar-refractivity contribution < 1.29 is 4.92 Å². The van der Waals surface area contributed by atoms with Crippen LogP contribution >= 0.6 is 24.0 Å². The van der Waals surface area contributed by atoms with E-state index in [1.807, 2.05) is 19.2 Å². The molecule has 1 aliphatic heterocycles. The summed E-state index contributed by atoms with van der Waals surface area (Å²) in [7, 11) is 1.81. The van der Waals surface area contributed by atoms with Crippen LogP contribution in [0.15, 0.2) is 41.4 Å². The molecule has 1 fully saturated rings. The number of likely N-dealkylation sites (tertiary alicyclic amines) is 1. The molecule has 1 aliphatic rings. The Hall–Kier alpha value is -1.68. The Balaban J connectivity index is 0.00000420. The highest BCUT2D eigenvalue weighted by atomic mass is 127. The van der Waals surface area contributed by atoms with Crippen LogP contribution in [0.5, 0.6) is 0 Å². The average molecular weight is 515 g/mol. The first kappa shape index (κ1) is 25.4. The monoisotopic (exact) mass is 515 g/mol. The number of aryl methyl sites for hydroxylation is 1. The molecule has 2 N–H and O–H groups in total. The van der Waals surface area contributed by atoms with Crippen LogP contribution in [0.4, 0.5) is 5.69 Å². The lowest BCUT2D eigenvalue weighted by Crippen LogP contribution is -2.49. The standard InChI is InChI=1S/C21H33N5O2.HI/c1-17(2)16-25-14-11-19(12-15-25)24-21(22-3)23-13-5-4-6-18-7-9-20(10-8-18)26(27)28;/h7-10,19H,1,4-6,11-16H2,2-3H3,(H2,22,23,24);1H. The van der Waals surface area contributed by atoms with E-state index in [4.69, 9.17) is 0 Å². The number of rotatable bonds is 9. The maximum atomic E-state index is 10.7. The molecular weight excluding hydrogens is 481 g/mol. The molecule has 0 atom stereocenters. The van der Waals surface area contributed by atoms with Gasteiger partial charge in [0.05, 0.1) is 4.92 Å². The van der Waals surface area contributed by atoms with E-state index in [1.165, 1.54) is 5.57 Å². The van der Waals surface area contributed by atoms with Crippen LogP contribution in [-0.4, -0.2) is 55.1 Å². The van der Waals surface area contributed by atoms with Crippen LogP contribution in [0, 0.1) is 10.1 Å². The number of guanidine groups is 1. The Morgan fingerprint density at radius 3 is 2.48 bits per heavy atom. The lowest BCUT2D eigenvalue weighted by atomic mass is 10.0. The smallest absolute Gasteiger partial charge is 0.269 e. The number of hydrogen-bond donors (Lipinski definition) is 2. The number of nitro benzene ring substituents is 1. The molecule has 162 valence electrons. The molecule has 1 aromatic carbocycles. The summed E-state index contributed by atoms with van der Waals surface area (Å²) in [5.41, 5.74) is 2.50. The van der Waals surface area contributed by atoms with Crippen molar-refractivity contribution in [1.82, 2.24) is 15.5 Å². The summed E-state index contributed by atoms with van der Waals surface area (Å²) < 4.78 is 0. The molecule has 0 saturated carbocycles. The van der Waals surface area contributed by atoms with Gasteiger partial charge in [-0.25, -0.2) is 0 Å². The summed E-state index contributed by atoms with van der Waals surface area (Å²) in [4.78, 5) is 17.1. The minimum atomic E-state index is -0.364. The minimum Gasteiger partial charge on any atom is -0.356 e. The van der Waals surface area contributed by atoms with Gasteiger partial charge in [-0.1, -0.05) is 24.3 Å². The number of nitro groups is 1. The van der Waals surface area contributed by atoms with Crippen LogP contribution in [0.25, 0.3) is 0 Å². The third-order valence-electron chi connectivity index (χ3n) is 4.98. The second-order valence-corrected chi connectivity index (χ2v) is 7.53. The van der Waals surface area contributed by atoms with Crippen molar-refractivity contribution in [3.05, 3.63) is 52.1 Å². The molecule has 1 heterocycles. The van der Waals surface area contributed by atoms with E-state index in [1.54, 1.807) is 12.1 Å². The number of benzene rings is 1. The molecule has 0 spiro atoms. The zero-order chi connectivity index (χ0) is 20.4. The molecule has 1 saturated heterocycles. The number of halogens is 1. The van der Waals surface area contributed by atoms with Crippen molar-refractivity contribution in [1.29, 1.82) is 0 Å². The third kappa shape index (κ3) is 9.58. The van der Waals surface area contributed by atoms with Crippen LogP contribution in [0.2, 0.25) is 0 Å². The highest BCUT2D eigenvalue weighted by Crippen LogP contribution is 2.14. The first-order valence-electron chi connectivity index (χ1n) is 10.0. The van der Waals surface area contributed by atoms with Crippen molar-refractivity contribution in [2.75, 3.05) is 33.2 Å². The van der Waals surface area contributed by atoms with Gasteiger partial charge in [-0.15, -0.1) is 24.0 Å². The molecule has 0 aromatic heterocycles. The Morgan fingerprint density at radius 2 is 1.93 bits per heavy atom. The second-order valence-electron chi connectivity index (χ2n) is 7.53. The summed E-state index contributed by atoms with van der Waals surface area (Å²) in [6.07, 6.45) is 5.21. The van der Waals surface area contributed by atoms with E-state index in [-0.39, 0.29) is 34.6 Å². The number of nitrogens with zero attached hydrogens (tertiary/aromatic N) is 3. The van der Waals surface area contributed by atoms with Crippen molar-refractivity contribution >= 4 is 35.6 Å². The van der Waals surface area contributed by atoms with E-state index in [0.717, 1.165) is 69.8 Å². The van der Waals surface area contributed by atoms with Crippen molar-refractivity contribution in [3.63, 3.8) is 0 Å². The minimum absolute atomic E-state index is 0. The molecule has 7 nitrogen and oxygen atoms in total. The fraction of sp³-hybridized carbons (Fsp3) is 0.571. The van der Waals surface area contributed by atoms with Crippen LogP contribution in [-0.2, 0) is 6.42 Å². The first-order valence-corrected chi connectivity index (χ1v) is 10.0. The molecule has 8 heteroatoms.